The Morgan fingerprint density at radius 3 is 2.31 bits per heavy atom. The minimum absolute atomic E-state index is 0.00867. The van der Waals surface area contributed by atoms with Crippen LogP contribution >= 0.6 is 0 Å². The van der Waals surface area contributed by atoms with Gasteiger partial charge in [-0.3, -0.25) is 9.59 Å². The molecule has 1 aromatic heterocycles. The number of ether oxygens (including phenoxy) is 2. The topological polar surface area (TPSA) is 128 Å². The zero-order valence-corrected chi connectivity index (χ0v) is 24.1. The number of esters is 1. The van der Waals surface area contributed by atoms with Gasteiger partial charge in [0.05, 0.1) is 5.52 Å². The van der Waals surface area contributed by atoms with E-state index < -0.39 is 17.7 Å². The van der Waals surface area contributed by atoms with Crippen LogP contribution in [-0.4, -0.2) is 56.9 Å². The number of nitrogens with two attached hydrogens (primary N) is 1. The quantitative estimate of drug-likeness (QED) is 0.324. The van der Waals surface area contributed by atoms with E-state index in [1.54, 1.807) is 31.7 Å². The summed E-state index contributed by atoms with van der Waals surface area (Å²) in [6.07, 6.45) is -0.609. The van der Waals surface area contributed by atoms with Gasteiger partial charge in [0.25, 0.3) is 5.91 Å². The number of nitrogens with zero attached hydrogens (tertiary/aromatic N) is 4. The molecule has 0 unspecified atom stereocenters. The number of benzene rings is 3. The largest absolute Gasteiger partial charge is 0.459 e. The maximum absolute atomic E-state index is 13.7. The summed E-state index contributed by atoms with van der Waals surface area (Å²) in [5.41, 5.74) is 10.7. The first-order valence-corrected chi connectivity index (χ1v) is 13.6. The number of amides is 2. The highest BCUT2D eigenvalue weighted by Crippen LogP contribution is 2.31. The summed E-state index contributed by atoms with van der Waals surface area (Å²) >= 11 is 0. The van der Waals surface area contributed by atoms with E-state index in [2.05, 4.69) is 9.97 Å². The van der Waals surface area contributed by atoms with Gasteiger partial charge in [-0.2, -0.15) is 0 Å². The molecule has 5 rings (SSSR count). The number of carbonyl (C=O) groups excluding carboxylic acids is 3. The number of likely N-dealkylation sites (N-methyl/N-ethyl adjacent to an activating group) is 1. The van der Waals surface area contributed by atoms with Crippen LogP contribution in [0, 0.1) is 0 Å². The van der Waals surface area contributed by atoms with Gasteiger partial charge in [0.1, 0.15) is 24.4 Å². The van der Waals surface area contributed by atoms with E-state index in [0.29, 0.717) is 24.0 Å². The lowest BCUT2D eigenvalue weighted by atomic mass is 9.98. The molecule has 0 atom stereocenters. The predicted molar refractivity (Wildman–Crippen MR) is 158 cm³/mol. The van der Waals surface area contributed by atoms with Gasteiger partial charge >= 0.3 is 12.1 Å². The van der Waals surface area contributed by atoms with Gasteiger partial charge in [-0.25, -0.2) is 14.8 Å². The third-order valence-corrected chi connectivity index (χ3v) is 6.83. The molecule has 1 aliphatic rings. The second-order valence-electron chi connectivity index (χ2n) is 11.2. The highest BCUT2D eigenvalue weighted by atomic mass is 16.6. The Morgan fingerprint density at radius 2 is 1.62 bits per heavy atom. The monoisotopic (exact) mass is 567 g/mol. The summed E-state index contributed by atoms with van der Waals surface area (Å²) in [4.78, 5) is 50.0. The third kappa shape index (κ3) is 6.33. The fourth-order valence-electron chi connectivity index (χ4n) is 4.83. The first-order valence-electron chi connectivity index (χ1n) is 13.6. The molecule has 2 N–H and O–H groups in total. The molecule has 10 nitrogen and oxygen atoms in total. The first kappa shape index (κ1) is 28.5. The Kier molecular flexibility index (Phi) is 7.80. The lowest BCUT2D eigenvalue weighted by Gasteiger charge is -2.24. The van der Waals surface area contributed by atoms with Crippen molar-refractivity contribution in [2.75, 3.05) is 19.3 Å². The molecule has 3 aromatic carbocycles. The summed E-state index contributed by atoms with van der Waals surface area (Å²) in [6.45, 7) is 6.00. The number of fused-ring (bicyclic) bond motifs is 2. The molecular weight excluding hydrogens is 534 g/mol. The van der Waals surface area contributed by atoms with Crippen molar-refractivity contribution < 1.29 is 23.9 Å². The fraction of sp³-hybridized carbons (Fsp3) is 0.281. The molecule has 2 heterocycles. The molecule has 0 radical (unpaired) electrons. The normalized spacial score (nSPS) is 12.6. The highest BCUT2D eigenvalue weighted by Gasteiger charge is 2.27. The molecular formula is C32H33N5O5. The van der Waals surface area contributed by atoms with Crippen LogP contribution in [0.2, 0.25) is 0 Å². The Morgan fingerprint density at radius 1 is 0.952 bits per heavy atom. The van der Waals surface area contributed by atoms with E-state index in [4.69, 9.17) is 15.2 Å². The highest BCUT2D eigenvalue weighted by molar-refractivity contribution is 6.06. The number of hydrogen-bond acceptors (Lipinski definition) is 8. The second-order valence-corrected chi connectivity index (χ2v) is 11.2. The lowest BCUT2D eigenvalue weighted by molar-refractivity contribution is -0.145. The summed E-state index contributed by atoms with van der Waals surface area (Å²) in [7, 11) is 1.48. The minimum atomic E-state index is -0.672. The number of rotatable bonds is 6. The van der Waals surface area contributed by atoms with Crippen LogP contribution in [0.3, 0.4) is 0 Å². The van der Waals surface area contributed by atoms with E-state index in [9.17, 15) is 14.4 Å². The van der Waals surface area contributed by atoms with Crippen LogP contribution in [0.4, 0.5) is 10.7 Å². The summed E-state index contributed by atoms with van der Waals surface area (Å²) < 4.78 is 10.8. The Labute approximate surface area is 244 Å². The second kappa shape index (κ2) is 11.5. The van der Waals surface area contributed by atoms with E-state index in [0.717, 1.165) is 27.8 Å². The lowest BCUT2D eigenvalue weighted by Crippen LogP contribution is -2.37. The van der Waals surface area contributed by atoms with Gasteiger partial charge in [0.15, 0.2) is 0 Å². The summed E-state index contributed by atoms with van der Waals surface area (Å²) in [5.74, 6) is -0.766. The first-order chi connectivity index (χ1) is 20.0. The van der Waals surface area contributed by atoms with Gasteiger partial charge in [0, 0.05) is 25.5 Å². The van der Waals surface area contributed by atoms with Crippen LogP contribution in [-0.2, 0) is 34.0 Å². The van der Waals surface area contributed by atoms with Crippen molar-refractivity contribution in [2.45, 2.75) is 46.1 Å². The van der Waals surface area contributed by atoms with Crippen molar-refractivity contribution in [3.8, 4) is 11.1 Å². The molecule has 4 aromatic rings. The molecule has 1 aliphatic heterocycles. The zero-order chi connectivity index (χ0) is 30.0. The van der Waals surface area contributed by atoms with Crippen LogP contribution in [0.25, 0.3) is 22.0 Å². The molecule has 0 bridgehead atoms. The van der Waals surface area contributed by atoms with Crippen molar-refractivity contribution in [3.63, 3.8) is 0 Å². The summed E-state index contributed by atoms with van der Waals surface area (Å²) in [6, 6.07) is 21.0. The van der Waals surface area contributed by atoms with E-state index in [-0.39, 0.29) is 30.7 Å². The van der Waals surface area contributed by atoms with Crippen molar-refractivity contribution >= 4 is 34.8 Å². The smallest absolute Gasteiger partial charge is 0.410 e. The van der Waals surface area contributed by atoms with Gasteiger partial charge in [-0.05, 0) is 60.7 Å². The molecule has 0 saturated heterocycles. The number of carbonyl (C=O) groups is 3. The maximum atomic E-state index is 13.7. The number of hydrogen-bond donors (Lipinski definition) is 1. The van der Waals surface area contributed by atoms with Crippen molar-refractivity contribution in [1.82, 2.24) is 19.8 Å². The molecule has 42 heavy (non-hydrogen) atoms. The van der Waals surface area contributed by atoms with Crippen LogP contribution in [0.15, 0.2) is 66.7 Å². The van der Waals surface area contributed by atoms with Gasteiger partial charge in [-0.15, -0.1) is 0 Å². The number of anilines is 1. The van der Waals surface area contributed by atoms with E-state index in [1.807, 2.05) is 60.7 Å². The molecule has 0 fully saturated rings. The van der Waals surface area contributed by atoms with Crippen molar-refractivity contribution in [3.05, 3.63) is 89.1 Å². The van der Waals surface area contributed by atoms with Crippen LogP contribution in [0.5, 0.6) is 0 Å². The average molecular weight is 568 g/mol. The molecule has 10 heteroatoms. The molecule has 0 aliphatic carbocycles. The Balaban J connectivity index is 1.37. The average Bonchev–Trinajstić information content (AvgIpc) is 3.39. The SMILES string of the molecule is CN(CC(=O)OCc1ccccc1-c1ccc2nc(N)nc(C(=O)N3Cc4ccccc4C3)c2c1)C(=O)OC(C)(C)C. The van der Waals surface area contributed by atoms with E-state index >= 15 is 0 Å². The summed E-state index contributed by atoms with van der Waals surface area (Å²) in [5, 5.41) is 0.577. The molecule has 0 spiro atoms. The number of aromatic nitrogens is 2. The Bertz CT molecular complexity index is 1650. The molecule has 2 amide bonds. The molecule has 0 saturated carbocycles. The van der Waals surface area contributed by atoms with Crippen LogP contribution in [0.1, 0.15) is 48.0 Å². The van der Waals surface area contributed by atoms with Gasteiger partial charge in [0.2, 0.25) is 5.95 Å². The third-order valence-electron chi connectivity index (χ3n) is 6.83. The van der Waals surface area contributed by atoms with Gasteiger partial charge in [-0.1, -0.05) is 54.6 Å². The van der Waals surface area contributed by atoms with Crippen molar-refractivity contribution in [2.24, 2.45) is 0 Å². The fourth-order valence-corrected chi connectivity index (χ4v) is 4.83. The Hall–Kier alpha value is -4.99. The molecule has 216 valence electrons. The van der Waals surface area contributed by atoms with Crippen LogP contribution < -0.4 is 5.73 Å². The zero-order valence-electron chi connectivity index (χ0n) is 24.1. The number of nitrogen functional groups attached to an aromatic ring is 1. The van der Waals surface area contributed by atoms with Gasteiger partial charge < -0.3 is 25.0 Å². The standard InChI is InChI=1S/C32H33N5O5/c1-32(2,3)42-31(40)36(4)18-27(38)41-19-23-11-7-8-12-24(23)20-13-14-26-25(15-20)28(35-30(33)34-26)29(39)37-16-21-9-5-6-10-22(21)17-37/h5-15H,16-19H2,1-4H3,(H2,33,34,35). The maximum Gasteiger partial charge on any atom is 0.410 e. The van der Waals surface area contributed by atoms with E-state index in [1.165, 1.54) is 11.9 Å². The predicted octanol–water partition coefficient (Wildman–Crippen LogP) is 4.95. The van der Waals surface area contributed by atoms with Crippen molar-refractivity contribution in [1.29, 1.82) is 0 Å². The minimum Gasteiger partial charge on any atom is -0.459 e.